The number of nitrogens with two attached hydrogens (primary N) is 1. The third-order valence-corrected chi connectivity index (χ3v) is 2.95. The molecule has 0 atom stereocenters. The molecule has 2 N–H and O–H groups in total. The lowest BCUT2D eigenvalue weighted by molar-refractivity contribution is 0.356. The molecule has 2 heterocycles. The highest BCUT2D eigenvalue weighted by Crippen LogP contribution is 2.32. The van der Waals surface area contributed by atoms with Gasteiger partial charge in [0.05, 0.1) is 25.1 Å². The minimum absolute atomic E-state index is 0.411. The van der Waals surface area contributed by atoms with E-state index in [1.807, 2.05) is 18.2 Å². The van der Waals surface area contributed by atoms with Gasteiger partial charge in [0.15, 0.2) is 17.1 Å². The molecule has 0 radical (unpaired) electrons. The lowest BCUT2D eigenvalue weighted by Gasteiger charge is -2.09. The average Bonchev–Trinajstić information content (AvgIpc) is 2.44. The molecule has 0 saturated carbocycles. The van der Waals surface area contributed by atoms with Crippen molar-refractivity contribution in [3.63, 3.8) is 0 Å². The fourth-order valence-corrected chi connectivity index (χ4v) is 1.99. The van der Waals surface area contributed by atoms with Gasteiger partial charge < -0.3 is 15.2 Å². The predicted octanol–water partition coefficient (Wildman–Crippen LogP) is 1.78. The Morgan fingerprint density at radius 3 is 2.47 bits per heavy atom. The van der Waals surface area contributed by atoms with Gasteiger partial charge in [0, 0.05) is 11.5 Å². The Morgan fingerprint density at radius 1 is 1.00 bits per heavy atom. The van der Waals surface area contributed by atoms with E-state index in [1.54, 1.807) is 14.2 Å². The summed E-state index contributed by atoms with van der Waals surface area (Å²) >= 11 is 0. The quantitative estimate of drug-likeness (QED) is 0.703. The van der Waals surface area contributed by atoms with Gasteiger partial charge in [-0.05, 0) is 12.1 Å². The van der Waals surface area contributed by atoms with Crippen molar-refractivity contribution in [2.75, 3.05) is 20.0 Å². The van der Waals surface area contributed by atoms with Crippen molar-refractivity contribution in [1.29, 1.82) is 0 Å². The first-order valence-electron chi connectivity index (χ1n) is 5.66. The Morgan fingerprint density at radius 2 is 1.74 bits per heavy atom. The molecule has 0 spiro atoms. The number of nitrogens with zero attached hydrogens (tertiary/aromatic N) is 3. The summed E-state index contributed by atoms with van der Waals surface area (Å²) in [6.45, 7) is 0. The number of hydrogen-bond donors (Lipinski definition) is 1. The van der Waals surface area contributed by atoms with E-state index in [-0.39, 0.29) is 0 Å². The number of nitrogen functional groups attached to an aromatic ring is 1. The van der Waals surface area contributed by atoms with Crippen LogP contribution >= 0.6 is 0 Å². The fraction of sp³-hybridized carbons (Fsp3) is 0.154. The van der Waals surface area contributed by atoms with Crippen LogP contribution in [0.25, 0.3) is 21.9 Å². The van der Waals surface area contributed by atoms with Gasteiger partial charge in [0.1, 0.15) is 12.1 Å². The zero-order valence-corrected chi connectivity index (χ0v) is 10.5. The summed E-state index contributed by atoms with van der Waals surface area (Å²) in [7, 11) is 3.18. The van der Waals surface area contributed by atoms with Crippen molar-refractivity contribution in [3.8, 4) is 11.5 Å². The highest BCUT2D eigenvalue weighted by molar-refractivity contribution is 5.96. The first kappa shape index (κ1) is 11.5. The third-order valence-electron chi connectivity index (χ3n) is 2.95. The average molecular weight is 256 g/mol. The second-order valence-electron chi connectivity index (χ2n) is 4.02. The molecule has 6 nitrogen and oxygen atoms in total. The molecule has 0 bridgehead atoms. The van der Waals surface area contributed by atoms with E-state index < -0.39 is 0 Å². The van der Waals surface area contributed by atoms with Crippen LogP contribution in [0.5, 0.6) is 11.5 Å². The molecule has 1 aromatic carbocycles. The van der Waals surface area contributed by atoms with E-state index in [1.165, 1.54) is 6.33 Å². The molecule has 0 fully saturated rings. The number of anilines is 1. The Balaban J connectivity index is 2.38. The van der Waals surface area contributed by atoms with Gasteiger partial charge in [0.25, 0.3) is 0 Å². The number of ether oxygens (including phenoxy) is 2. The maximum atomic E-state index is 5.83. The third kappa shape index (κ3) is 1.77. The number of rotatable bonds is 2. The number of aromatic nitrogens is 3. The lowest BCUT2D eigenvalue weighted by Crippen LogP contribution is -1.96. The highest BCUT2D eigenvalue weighted by Gasteiger charge is 2.09. The summed E-state index contributed by atoms with van der Waals surface area (Å²) in [4.78, 5) is 12.5. The van der Waals surface area contributed by atoms with Crippen LogP contribution in [-0.2, 0) is 0 Å². The molecule has 0 aliphatic carbocycles. The summed E-state index contributed by atoms with van der Waals surface area (Å²) < 4.78 is 10.5. The van der Waals surface area contributed by atoms with Crippen molar-refractivity contribution in [3.05, 3.63) is 24.5 Å². The maximum Gasteiger partial charge on any atom is 0.165 e. The Hall–Kier alpha value is -2.63. The van der Waals surface area contributed by atoms with Crippen molar-refractivity contribution >= 4 is 27.8 Å². The van der Waals surface area contributed by atoms with Crippen LogP contribution in [0.15, 0.2) is 24.5 Å². The molecule has 0 amide bonds. The molecule has 3 rings (SSSR count). The summed E-state index contributed by atoms with van der Waals surface area (Å²) in [5.74, 6) is 1.68. The van der Waals surface area contributed by atoms with Gasteiger partial charge >= 0.3 is 0 Å². The van der Waals surface area contributed by atoms with E-state index in [9.17, 15) is 0 Å². The number of pyridine rings is 1. The summed E-state index contributed by atoms with van der Waals surface area (Å²) in [6, 6.07) is 5.56. The normalized spacial score (nSPS) is 10.8. The molecule has 0 aliphatic rings. The van der Waals surface area contributed by atoms with Crippen LogP contribution < -0.4 is 15.2 Å². The minimum atomic E-state index is 0.411. The maximum absolute atomic E-state index is 5.83. The molecule has 0 aliphatic heterocycles. The van der Waals surface area contributed by atoms with Gasteiger partial charge in [-0.1, -0.05) is 0 Å². The summed E-state index contributed by atoms with van der Waals surface area (Å²) in [6.07, 6.45) is 1.40. The van der Waals surface area contributed by atoms with E-state index in [0.29, 0.717) is 23.0 Å². The molecule has 6 heteroatoms. The van der Waals surface area contributed by atoms with Crippen molar-refractivity contribution in [1.82, 2.24) is 15.0 Å². The molecular formula is C13H12N4O2. The SMILES string of the molecule is COc1cc2cc3c(N)ncnc3nc2cc1OC. The first-order chi connectivity index (χ1) is 9.22. The van der Waals surface area contributed by atoms with E-state index in [0.717, 1.165) is 16.3 Å². The van der Waals surface area contributed by atoms with Crippen LogP contribution in [0.2, 0.25) is 0 Å². The zero-order valence-electron chi connectivity index (χ0n) is 10.5. The van der Waals surface area contributed by atoms with E-state index in [2.05, 4.69) is 15.0 Å². The molecule has 0 unspecified atom stereocenters. The molecular weight excluding hydrogens is 244 g/mol. The number of hydrogen-bond acceptors (Lipinski definition) is 6. The van der Waals surface area contributed by atoms with Crippen molar-refractivity contribution < 1.29 is 9.47 Å². The highest BCUT2D eigenvalue weighted by atomic mass is 16.5. The summed E-state index contributed by atoms with van der Waals surface area (Å²) in [5.41, 5.74) is 7.16. The zero-order chi connectivity index (χ0) is 13.4. The monoisotopic (exact) mass is 256 g/mol. The topological polar surface area (TPSA) is 83.2 Å². The second kappa shape index (κ2) is 4.24. The number of methoxy groups -OCH3 is 2. The van der Waals surface area contributed by atoms with Gasteiger partial charge in [-0.15, -0.1) is 0 Å². The van der Waals surface area contributed by atoms with Crippen molar-refractivity contribution in [2.24, 2.45) is 0 Å². The molecule has 19 heavy (non-hydrogen) atoms. The van der Waals surface area contributed by atoms with Crippen LogP contribution in [-0.4, -0.2) is 29.2 Å². The Labute approximate surface area is 109 Å². The lowest BCUT2D eigenvalue weighted by atomic mass is 10.1. The largest absolute Gasteiger partial charge is 0.493 e. The van der Waals surface area contributed by atoms with Gasteiger partial charge in [-0.25, -0.2) is 15.0 Å². The van der Waals surface area contributed by atoms with Gasteiger partial charge in [0.2, 0.25) is 0 Å². The molecule has 0 saturated heterocycles. The first-order valence-corrected chi connectivity index (χ1v) is 5.66. The fourth-order valence-electron chi connectivity index (χ4n) is 1.99. The summed E-state index contributed by atoms with van der Waals surface area (Å²) in [5, 5.41) is 1.62. The number of benzene rings is 1. The molecule has 2 aromatic heterocycles. The van der Waals surface area contributed by atoms with Gasteiger partial charge in [-0.3, -0.25) is 0 Å². The van der Waals surface area contributed by atoms with Crippen LogP contribution in [0.3, 0.4) is 0 Å². The molecule has 3 aromatic rings. The van der Waals surface area contributed by atoms with Gasteiger partial charge in [-0.2, -0.15) is 0 Å². The standard InChI is InChI=1S/C13H12N4O2/c1-18-10-4-7-3-8-12(14)15-6-16-13(8)17-9(7)5-11(10)19-2/h3-6H,1-2H3,(H2,14,15,16,17). The van der Waals surface area contributed by atoms with E-state index >= 15 is 0 Å². The minimum Gasteiger partial charge on any atom is -0.493 e. The predicted molar refractivity (Wildman–Crippen MR) is 72.4 cm³/mol. The van der Waals surface area contributed by atoms with Crippen LogP contribution in [0.1, 0.15) is 0 Å². The van der Waals surface area contributed by atoms with Crippen LogP contribution in [0, 0.1) is 0 Å². The smallest absolute Gasteiger partial charge is 0.165 e. The van der Waals surface area contributed by atoms with Crippen molar-refractivity contribution in [2.45, 2.75) is 0 Å². The Bertz CT molecular complexity index is 773. The molecule has 96 valence electrons. The second-order valence-corrected chi connectivity index (χ2v) is 4.02. The Kier molecular flexibility index (Phi) is 2.56. The van der Waals surface area contributed by atoms with E-state index in [4.69, 9.17) is 15.2 Å². The number of fused-ring (bicyclic) bond motifs is 2. The van der Waals surface area contributed by atoms with Crippen LogP contribution in [0.4, 0.5) is 5.82 Å².